The zero-order valence-corrected chi connectivity index (χ0v) is 67.6. The molecule has 0 saturated carbocycles. The molecular formula is C102H93N3O12. The lowest BCUT2D eigenvalue weighted by molar-refractivity contribution is 0.414. The fraction of sp³-hybridized carbons (Fsp3) is 0.118. The summed E-state index contributed by atoms with van der Waals surface area (Å²) in [5.41, 5.74) is 17.9. The van der Waals surface area contributed by atoms with Crippen LogP contribution in [-0.2, 0) is 0 Å². The third kappa shape index (κ3) is 19.7. The van der Waals surface area contributed by atoms with Gasteiger partial charge in [-0.3, -0.25) is 0 Å². The molecule has 0 aliphatic carbocycles. The van der Waals surface area contributed by atoms with Gasteiger partial charge in [-0.05, 0) is 231 Å². The molecule has 13 rings (SSSR count). The number of anilines is 3. The van der Waals surface area contributed by atoms with Crippen molar-refractivity contribution in [1.82, 2.24) is 0 Å². The van der Waals surface area contributed by atoms with Crippen molar-refractivity contribution in [3.05, 3.63) is 413 Å². The third-order valence-corrected chi connectivity index (χ3v) is 20.2. The Hall–Kier alpha value is -14.7. The molecule has 0 unspecified atom stereocenters. The highest BCUT2D eigenvalue weighted by Crippen LogP contribution is 2.43. The summed E-state index contributed by atoms with van der Waals surface area (Å²) in [7, 11) is 20.1. The molecule has 15 nitrogen and oxygen atoms in total. The number of hydrogen-bond acceptors (Lipinski definition) is 15. The van der Waals surface area contributed by atoms with Crippen LogP contribution in [-0.4, -0.2) is 85.3 Å². The van der Waals surface area contributed by atoms with Crippen molar-refractivity contribution in [2.45, 2.75) is 0 Å². The number of methoxy groups -OCH3 is 12. The van der Waals surface area contributed by atoms with Crippen LogP contribution in [0.5, 0.6) is 69.0 Å². The molecule has 0 aliphatic rings. The van der Waals surface area contributed by atoms with Gasteiger partial charge in [0.2, 0.25) is 0 Å². The molecule has 0 heterocycles. The van der Waals surface area contributed by atoms with Gasteiger partial charge in [0.05, 0.1) is 85.3 Å². The molecule has 588 valence electrons. The highest BCUT2D eigenvalue weighted by Gasteiger charge is 2.23. The average molecular weight is 1550 g/mol. The molecule has 0 fully saturated rings. The van der Waals surface area contributed by atoms with E-state index in [0.29, 0.717) is 86.1 Å². The standard InChI is InChI=1S/C102H93N3O12/c1-106-85-38-16-70(17-39-85)97(71-18-40-86(107-2)41-19-71)64-103(65-98(72-20-42-87(108-3)43-21-72)73-22-44-88(109-4)45-23-73)82-61-83(104(66-99(74-24-46-89(110-5)47-25-74)75-26-48-90(111-6)49-27-75)67-100(76-28-50-91(112-7)51-29-76)77-30-52-92(113-8)53-31-77)63-84(62-82)105(68-101(78-32-54-93(114-9)55-33-78)79-34-56-94(115-10)57-35-79)69-102(80-36-58-95(116-11)59-37-80)81-14-13-15-96(60-81)117-12/h13-69H,1-12H3/b102-69+. The molecule has 0 aliphatic heterocycles. The summed E-state index contributed by atoms with van der Waals surface area (Å²) < 4.78 is 70.6. The molecule has 0 aromatic heterocycles. The van der Waals surface area contributed by atoms with Crippen molar-refractivity contribution in [1.29, 1.82) is 0 Å². The van der Waals surface area contributed by atoms with E-state index in [4.69, 9.17) is 56.8 Å². The highest BCUT2D eigenvalue weighted by atomic mass is 16.5. The van der Waals surface area contributed by atoms with Gasteiger partial charge in [-0.15, -0.1) is 0 Å². The fourth-order valence-corrected chi connectivity index (χ4v) is 13.6. The topological polar surface area (TPSA) is 120 Å². The van der Waals surface area contributed by atoms with Crippen LogP contribution in [0.4, 0.5) is 17.1 Å². The number of nitrogens with zero attached hydrogens (tertiary/aromatic N) is 3. The Morgan fingerprint density at radius 1 is 0.154 bits per heavy atom. The molecule has 13 aromatic rings. The van der Waals surface area contributed by atoms with Gasteiger partial charge in [0.15, 0.2) is 0 Å². The zero-order valence-electron chi connectivity index (χ0n) is 67.6. The normalized spacial score (nSPS) is 10.8. The summed E-state index contributed by atoms with van der Waals surface area (Å²) in [5, 5.41) is 0. The molecule has 117 heavy (non-hydrogen) atoms. The molecule has 0 radical (unpaired) electrons. The lowest BCUT2D eigenvalue weighted by atomic mass is 9.96. The SMILES string of the molecule is COc1ccc(C(=CN(C=C(c2ccc(OC)cc2)c2ccc(OC)cc2)c2cc(N(C=C(c3ccc(OC)cc3)c3ccc(OC)cc3)C=C(c3ccc(OC)cc3)c3ccc(OC)cc3)cc(N(C=C(c3ccc(OC)cc3)c3ccc(OC)cc3)/C=C(\c3ccc(OC)cc3)c3cccc(OC)c3)c2)c2ccc(OC)cc2)cc1. The highest BCUT2D eigenvalue weighted by molar-refractivity contribution is 5.93. The Morgan fingerprint density at radius 2 is 0.291 bits per heavy atom. The van der Waals surface area contributed by atoms with Crippen LogP contribution in [0.3, 0.4) is 0 Å². The maximum atomic E-state index is 6.07. The first-order valence-corrected chi connectivity index (χ1v) is 37.9. The Labute approximate surface area is 685 Å². The van der Waals surface area contributed by atoms with E-state index in [1.165, 1.54) is 0 Å². The van der Waals surface area contributed by atoms with Crippen molar-refractivity contribution in [3.8, 4) is 69.0 Å². The Morgan fingerprint density at radius 3 is 0.427 bits per heavy atom. The Bertz CT molecular complexity index is 4940. The number of rotatable bonds is 33. The Balaban J connectivity index is 1.26. The van der Waals surface area contributed by atoms with E-state index in [1.54, 1.807) is 85.3 Å². The smallest absolute Gasteiger partial charge is 0.119 e. The molecule has 0 spiro atoms. The molecule has 0 bridgehead atoms. The van der Waals surface area contributed by atoms with Crippen LogP contribution in [0.2, 0.25) is 0 Å². The van der Waals surface area contributed by atoms with E-state index in [9.17, 15) is 0 Å². The number of hydrogen-bond donors (Lipinski definition) is 0. The quantitative estimate of drug-likeness (QED) is 0.0388. The van der Waals surface area contributed by atoms with Gasteiger partial charge in [0.25, 0.3) is 0 Å². The maximum Gasteiger partial charge on any atom is 0.119 e. The molecule has 15 heteroatoms. The maximum absolute atomic E-state index is 6.07. The summed E-state index contributed by atoms with van der Waals surface area (Å²) in [6.07, 6.45) is 13.2. The van der Waals surface area contributed by atoms with Gasteiger partial charge in [-0.25, -0.2) is 0 Å². The average Bonchev–Trinajstić information content (AvgIpc) is 0.768. The molecular weight excluding hydrogens is 1460 g/mol. The monoisotopic (exact) mass is 1550 g/mol. The second-order valence-corrected chi connectivity index (χ2v) is 26.9. The third-order valence-electron chi connectivity index (χ3n) is 20.2. The minimum atomic E-state index is 0.668. The van der Waals surface area contributed by atoms with E-state index in [-0.39, 0.29) is 0 Å². The second-order valence-electron chi connectivity index (χ2n) is 26.9. The number of benzene rings is 13. The van der Waals surface area contributed by atoms with Crippen LogP contribution in [0, 0.1) is 0 Å². The minimum absolute atomic E-state index is 0.668. The van der Waals surface area contributed by atoms with E-state index < -0.39 is 0 Å². The zero-order chi connectivity index (χ0) is 81.6. The molecule has 0 amide bonds. The predicted octanol–water partition coefficient (Wildman–Crippen LogP) is 22.7. The van der Waals surface area contributed by atoms with E-state index >= 15 is 0 Å². The molecule has 0 N–H and O–H groups in total. The summed E-state index contributed by atoms with van der Waals surface area (Å²) in [4.78, 5) is 6.66. The fourth-order valence-electron chi connectivity index (χ4n) is 13.6. The van der Waals surface area contributed by atoms with Gasteiger partial charge in [0.1, 0.15) is 69.0 Å². The lowest BCUT2D eigenvalue weighted by Gasteiger charge is -2.29. The van der Waals surface area contributed by atoms with Gasteiger partial charge in [0, 0.05) is 87.7 Å². The summed E-state index contributed by atoms with van der Waals surface area (Å²) in [6.45, 7) is 0. The summed E-state index contributed by atoms with van der Waals surface area (Å²) in [5.74, 6) is 8.35. The summed E-state index contributed by atoms with van der Waals surface area (Å²) in [6, 6.07) is 104. The molecule has 0 saturated heterocycles. The van der Waals surface area contributed by atoms with E-state index in [0.717, 1.165) is 100 Å². The second kappa shape index (κ2) is 38.7. The van der Waals surface area contributed by atoms with Crippen LogP contribution < -0.4 is 71.5 Å². The van der Waals surface area contributed by atoms with Crippen molar-refractivity contribution in [2.24, 2.45) is 0 Å². The summed E-state index contributed by atoms with van der Waals surface area (Å²) >= 11 is 0. The van der Waals surface area contributed by atoms with Crippen LogP contribution in [0.1, 0.15) is 66.8 Å². The van der Waals surface area contributed by atoms with Gasteiger partial charge < -0.3 is 71.5 Å². The van der Waals surface area contributed by atoms with Crippen molar-refractivity contribution in [3.63, 3.8) is 0 Å². The predicted molar refractivity (Wildman–Crippen MR) is 472 cm³/mol. The first-order valence-electron chi connectivity index (χ1n) is 37.9. The largest absolute Gasteiger partial charge is 0.497 e. The first kappa shape index (κ1) is 80.4. The first-order chi connectivity index (χ1) is 57.3. The Kier molecular flexibility index (Phi) is 26.6. The van der Waals surface area contributed by atoms with Crippen molar-refractivity contribution < 1.29 is 56.8 Å². The van der Waals surface area contributed by atoms with Crippen molar-refractivity contribution >= 4 is 50.5 Å². The van der Waals surface area contributed by atoms with Gasteiger partial charge in [-0.2, -0.15) is 0 Å². The molecule has 13 aromatic carbocycles. The van der Waals surface area contributed by atoms with Crippen molar-refractivity contribution in [2.75, 3.05) is 100 Å². The van der Waals surface area contributed by atoms with E-state index in [2.05, 4.69) is 216 Å². The van der Waals surface area contributed by atoms with Gasteiger partial charge in [-0.1, -0.05) is 146 Å². The van der Waals surface area contributed by atoms with Crippen LogP contribution in [0.25, 0.3) is 33.4 Å². The van der Waals surface area contributed by atoms with Gasteiger partial charge >= 0.3 is 0 Å². The lowest BCUT2D eigenvalue weighted by Crippen LogP contribution is -2.17. The van der Waals surface area contributed by atoms with Crippen LogP contribution >= 0.6 is 0 Å². The van der Waals surface area contributed by atoms with E-state index in [1.807, 2.05) is 146 Å². The minimum Gasteiger partial charge on any atom is -0.497 e. The molecule has 0 atom stereocenters. The number of ether oxygens (including phenoxy) is 12. The van der Waals surface area contributed by atoms with Crippen LogP contribution in [0.15, 0.2) is 347 Å².